The molecule has 0 aliphatic carbocycles. The normalized spacial score (nSPS) is 12.4. The van der Waals surface area contributed by atoms with Crippen LogP contribution in [0.5, 0.6) is 0 Å². The largest absolute Gasteiger partial charge is 0.459 e. The second kappa shape index (κ2) is 4.13. The van der Waals surface area contributed by atoms with Crippen molar-refractivity contribution in [2.75, 3.05) is 0 Å². The predicted molar refractivity (Wildman–Crippen MR) is 77.0 cm³/mol. The second-order valence-corrected chi connectivity index (χ2v) is 6.19. The lowest BCUT2D eigenvalue weighted by Crippen LogP contribution is -2.14. The Morgan fingerprint density at radius 1 is 1.11 bits per heavy atom. The highest BCUT2D eigenvalue weighted by Crippen LogP contribution is 2.39. The average molecular weight is 245 g/mol. The van der Waals surface area contributed by atoms with Crippen LogP contribution in [0.1, 0.15) is 48.8 Å². The minimum Gasteiger partial charge on any atom is -0.459 e. The summed E-state index contributed by atoms with van der Waals surface area (Å²) in [6, 6.07) is 2.24. The third kappa shape index (κ3) is 1.85. The lowest BCUT2D eigenvalue weighted by molar-refractivity contribution is 0.510. The summed E-state index contributed by atoms with van der Waals surface area (Å²) in [5.41, 5.74) is 12.0. The third-order valence-electron chi connectivity index (χ3n) is 3.68. The molecule has 0 atom stereocenters. The van der Waals surface area contributed by atoms with Gasteiger partial charge in [0.25, 0.3) is 0 Å². The number of hydrogen-bond donors (Lipinski definition) is 1. The van der Waals surface area contributed by atoms with Gasteiger partial charge in [0, 0.05) is 10.9 Å². The monoisotopic (exact) mass is 245 g/mol. The molecule has 1 aromatic carbocycles. The molecule has 1 aromatic heterocycles. The highest BCUT2D eigenvalue weighted by Gasteiger charge is 2.26. The Bertz CT molecular complexity index is 600. The quantitative estimate of drug-likeness (QED) is 0.821. The van der Waals surface area contributed by atoms with Crippen molar-refractivity contribution in [3.63, 3.8) is 0 Å². The molecule has 0 amide bonds. The second-order valence-electron chi connectivity index (χ2n) is 6.19. The SMILES string of the molecule is Cc1cc(C)c2c(C(C)(C)C)c(CN)oc2c1C. The van der Waals surface area contributed by atoms with Crippen molar-refractivity contribution in [3.8, 4) is 0 Å². The molecule has 0 aliphatic rings. The van der Waals surface area contributed by atoms with Crippen LogP contribution in [0.25, 0.3) is 11.0 Å². The van der Waals surface area contributed by atoms with Gasteiger partial charge in [-0.2, -0.15) is 0 Å². The van der Waals surface area contributed by atoms with E-state index in [1.165, 1.54) is 27.6 Å². The van der Waals surface area contributed by atoms with Gasteiger partial charge in [0.15, 0.2) is 0 Å². The van der Waals surface area contributed by atoms with Crippen molar-refractivity contribution >= 4 is 11.0 Å². The zero-order chi connectivity index (χ0) is 13.7. The van der Waals surface area contributed by atoms with Gasteiger partial charge >= 0.3 is 0 Å². The summed E-state index contributed by atoms with van der Waals surface area (Å²) in [6.07, 6.45) is 0. The number of rotatable bonds is 1. The summed E-state index contributed by atoms with van der Waals surface area (Å²) in [5.74, 6) is 0.925. The molecular weight excluding hydrogens is 222 g/mol. The van der Waals surface area contributed by atoms with Crippen LogP contribution < -0.4 is 5.73 Å². The molecule has 2 heteroatoms. The lowest BCUT2D eigenvalue weighted by atomic mass is 9.83. The molecule has 2 nitrogen and oxygen atoms in total. The van der Waals surface area contributed by atoms with Crippen molar-refractivity contribution < 1.29 is 4.42 Å². The molecule has 0 radical (unpaired) electrons. The molecular formula is C16H23NO. The van der Waals surface area contributed by atoms with E-state index in [0.29, 0.717) is 6.54 Å². The van der Waals surface area contributed by atoms with Gasteiger partial charge in [0.1, 0.15) is 11.3 Å². The molecule has 0 saturated heterocycles. The Morgan fingerprint density at radius 3 is 2.22 bits per heavy atom. The van der Waals surface area contributed by atoms with E-state index in [0.717, 1.165) is 11.3 Å². The molecule has 18 heavy (non-hydrogen) atoms. The molecule has 98 valence electrons. The van der Waals surface area contributed by atoms with Gasteiger partial charge in [-0.05, 0) is 42.9 Å². The number of hydrogen-bond acceptors (Lipinski definition) is 2. The van der Waals surface area contributed by atoms with E-state index in [2.05, 4.69) is 47.6 Å². The summed E-state index contributed by atoms with van der Waals surface area (Å²) < 4.78 is 6.04. The fourth-order valence-electron chi connectivity index (χ4n) is 2.74. The molecule has 0 spiro atoms. The van der Waals surface area contributed by atoms with E-state index in [-0.39, 0.29) is 5.41 Å². The Labute approximate surface area is 109 Å². The molecule has 0 fully saturated rings. The van der Waals surface area contributed by atoms with Gasteiger partial charge < -0.3 is 10.2 Å². The van der Waals surface area contributed by atoms with E-state index in [1.54, 1.807) is 0 Å². The van der Waals surface area contributed by atoms with E-state index in [9.17, 15) is 0 Å². The number of furan rings is 1. The zero-order valence-corrected chi connectivity index (χ0v) is 12.3. The summed E-state index contributed by atoms with van der Waals surface area (Å²) in [7, 11) is 0. The fraction of sp³-hybridized carbons (Fsp3) is 0.500. The topological polar surface area (TPSA) is 39.2 Å². The predicted octanol–water partition coefficient (Wildman–Crippen LogP) is 4.11. The van der Waals surface area contributed by atoms with Gasteiger partial charge in [-0.15, -0.1) is 0 Å². The maximum absolute atomic E-state index is 6.04. The van der Waals surface area contributed by atoms with Gasteiger partial charge in [-0.3, -0.25) is 0 Å². The van der Waals surface area contributed by atoms with Crippen molar-refractivity contribution in [2.24, 2.45) is 5.73 Å². The Kier molecular flexibility index (Phi) is 3.02. The summed E-state index contributed by atoms with van der Waals surface area (Å²) >= 11 is 0. The van der Waals surface area contributed by atoms with Crippen LogP contribution in [-0.2, 0) is 12.0 Å². The fourth-order valence-corrected chi connectivity index (χ4v) is 2.74. The molecule has 1 heterocycles. The molecule has 0 unspecified atom stereocenters. The number of aryl methyl sites for hydroxylation is 3. The van der Waals surface area contributed by atoms with Crippen LogP contribution in [0, 0.1) is 20.8 Å². The Morgan fingerprint density at radius 2 is 1.72 bits per heavy atom. The molecule has 2 rings (SSSR count). The number of benzene rings is 1. The van der Waals surface area contributed by atoms with E-state index < -0.39 is 0 Å². The van der Waals surface area contributed by atoms with Crippen LogP contribution in [-0.4, -0.2) is 0 Å². The molecule has 2 aromatic rings. The van der Waals surface area contributed by atoms with Crippen molar-refractivity contribution in [1.29, 1.82) is 0 Å². The van der Waals surface area contributed by atoms with Crippen LogP contribution in [0.2, 0.25) is 0 Å². The molecule has 0 bridgehead atoms. The van der Waals surface area contributed by atoms with E-state index >= 15 is 0 Å². The number of nitrogens with two attached hydrogens (primary N) is 1. The molecule has 0 aliphatic heterocycles. The van der Waals surface area contributed by atoms with Gasteiger partial charge in [-0.1, -0.05) is 26.8 Å². The molecule has 2 N–H and O–H groups in total. The maximum atomic E-state index is 6.04. The standard InChI is InChI=1S/C16H23NO/c1-9-7-10(2)13-14(16(4,5)6)12(8-17)18-15(13)11(9)3/h7H,8,17H2,1-6H3. The van der Waals surface area contributed by atoms with E-state index in [1.807, 2.05) is 0 Å². The minimum absolute atomic E-state index is 0.0480. The van der Waals surface area contributed by atoms with Crippen LogP contribution in [0.4, 0.5) is 0 Å². The molecule has 0 saturated carbocycles. The average Bonchev–Trinajstić information content (AvgIpc) is 2.65. The van der Waals surface area contributed by atoms with Gasteiger partial charge in [0.05, 0.1) is 6.54 Å². The van der Waals surface area contributed by atoms with Crippen LogP contribution >= 0.6 is 0 Å². The van der Waals surface area contributed by atoms with Crippen molar-refractivity contribution in [1.82, 2.24) is 0 Å². The summed E-state index contributed by atoms with van der Waals surface area (Å²) in [6.45, 7) is 13.5. The van der Waals surface area contributed by atoms with E-state index in [4.69, 9.17) is 10.2 Å². The zero-order valence-electron chi connectivity index (χ0n) is 12.3. The maximum Gasteiger partial charge on any atom is 0.138 e. The van der Waals surface area contributed by atoms with Crippen LogP contribution in [0.15, 0.2) is 10.5 Å². The van der Waals surface area contributed by atoms with Gasteiger partial charge in [0.2, 0.25) is 0 Å². The van der Waals surface area contributed by atoms with Crippen molar-refractivity contribution in [3.05, 3.63) is 34.1 Å². The first-order valence-corrected chi connectivity index (χ1v) is 6.50. The first-order valence-electron chi connectivity index (χ1n) is 6.50. The highest BCUT2D eigenvalue weighted by atomic mass is 16.3. The van der Waals surface area contributed by atoms with Gasteiger partial charge in [-0.25, -0.2) is 0 Å². The summed E-state index contributed by atoms with van der Waals surface area (Å²) in [5, 5.41) is 1.26. The Hall–Kier alpha value is -1.28. The van der Waals surface area contributed by atoms with Crippen molar-refractivity contribution in [2.45, 2.75) is 53.5 Å². The third-order valence-corrected chi connectivity index (χ3v) is 3.68. The van der Waals surface area contributed by atoms with Crippen LogP contribution in [0.3, 0.4) is 0 Å². The first kappa shape index (κ1) is 13.2. The number of fused-ring (bicyclic) bond motifs is 1. The Balaban J connectivity index is 2.97. The minimum atomic E-state index is 0.0480. The summed E-state index contributed by atoms with van der Waals surface area (Å²) in [4.78, 5) is 0. The highest BCUT2D eigenvalue weighted by molar-refractivity contribution is 5.90. The lowest BCUT2D eigenvalue weighted by Gasteiger charge is -2.19. The first-order chi connectivity index (χ1) is 8.27. The smallest absolute Gasteiger partial charge is 0.138 e.